The minimum atomic E-state index is -1.49. The third kappa shape index (κ3) is 4.11. The lowest BCUT2D eigenvalue weighted by molar-refractivity contribution is -0.131. The molecule has 0 unspecified atom stereocenters. The average Bonchev–Trinajstić information content (AvgIpc) is 3.49. The second-order valence-electron chi connectivity index (χ2n) is 11.1. The van der Waals surface area contributed by atoms with Crippen LogP contribution in [0, 0.1) is 5.92 Å². The van der Waals surface area contributed by atoms with Crippen molar-refractivity contribution in [3.8, 4) is 5.75 Å². The Morgan fingerprint density at radius 3 is 2.36 bits per heavy atom. The monoisotopic (exact) mass is 622 g/mol. The van der Waals surface area contributed by atoms with Crippen LogP contribution < -0.4 is 10.1 Å². The Hall–Kier alpha value is -4.72. The maximum atomic E-state index is 14.9. The highest BCUT2D eigenvalue weighted by molar-refractivity contribution is 6.37. The van der Waals surface area contributed by atoms with Crippen LogP contribution in [0.4, 0.5) is 5.69 Å². The van der Waals surface area contributed by atoms with Gasteiger partial charge in [-0.05, 0) is 71.3 Å². The van der Waals surface area contributed by atoms with Crippen molar-refractivity contribution >= 4 is 58.4 Å². The third-order valence-corrected chi connectivity index (χ3v) is 9.27. The molecule has 3 aliphatic rings. The number of rotatable bonds is 5. The summed E-state index contributed by atoms with van der Waals surface area (Å²) in [4.78, 5) is 57.4. The molecule has 218 valence electrons. The number of halogens is 2. The van der Waals surface area contributed by atoms with Gasteiger partial charge in [-0.3, -0.25) is 19.2 Å². The minimum Gasteiger partial charge on any atom is -0.427 e. The predicted molar refractivity (Wildman–Crippen MR) is 167 cm³/mol. The summed E-state index contributed by atoms with van der Waals surface area (Å²) < 4.78 is 5.16. The number of fused-ring (bicyclic) bond motifs is 6. The number of amides is 1. The van der Waals surface area contributed by atoms with Crippen LogP contribution in [0.2, 0.25) is 10.0 Å². The molecule has 4 aromatic rings. The molecule has 1 fully saturated rings. The Bertz CT molecular complexity index is 1920. The second-order valence-corrected chi connectivity index (χ2v) is 11.9. The molecule has 0 bridgehead atoms. The molecule has 9 heteroatoms. The number of nitrogens with zero attached hydrogens (tertiary/aromatic N) is 1. The Morgan fingerprint density at radius 1 is 0.886 bits per heavy atom. The van der Waals surface area contributed by atoms with Crippen LogP contribution in [0.25, 0.3) is 6.08 Å². The van der Waals surface area contributed by atoms with Crippen LogP contribution in [0.1, 0.15) is 50.4 Å². The Labute approximate surface area is 263 Å². The van der Waals surface area contributed by atoms with E-state index in [-0.39, 0.29) is 28.0 Å². The molecule has 1 spiro atoms. The number of ether oxygens (including phenoxy) is 1. The summed E-state index contributed by atoms with van der Waals surface area (Å²) in [5.74, 6) is -2.59. The quantitative estimate of drug-likeness (QED) is 0.148. The van der Waals surface area contributed by atoms with Crippen molar-refractivity contribution < 1.29 is 23.9 Å². The van der Waals surface area contributed by atoms with Crippen LogP contribution in [0.5, 0.6) is 5.75 Å². The summed E-state index contributed by atoms with van der Waals surface area (Å²) in [5, 5.41) is 3.50. The van der Waals surface area contributed by atoms with Crippen molar-refractivity contribution in [3.63, 3.8) is 0 Å². The molecule has 4 aromatic carbocycles. The van der Waals surface area contributed by atoms with Gasteiger partial charge in [0.2, 0.25) is 5.91 Å². The van der Waals surface area contributed by atoms with Gasteiger partial charge >= 0.3 is 5.97 Å². The van der Waals surface area contributed by atoms with Crippen LogP contribution in [0.15, 0.2) is 97.2 Å². The molecule has 1 amide bonds. The normalized spacial score (nSPS) is 22.7. The summed E-state index contributed by atoms with van der Waals surface area (Å²) in [7, 11) is 0. The predicted octanol–water partition coefficient (Wildman–Crippen LogP) is 6.90. The van der Waals surface area contributed by atoms with Gasteiger partial charge in [-0.15, -0.1) is 0 Å². The Kier molecular flexibility index (Phi) is 6.68. The molecule has 0 aromatic heterocycles. The SMILES string of the molecule is CC(=O)Oc1ccc(C(=O)[C@H]2[C@H](C(=O)c3ccc(Cl)cc3Cl)[C@]3(C(=O)Nc4ccccc43)[C@H]3c4ccccc4C=CN23)cc1. The van der Waals surface area contributed by atoms with E-state index in [4.69, 9.17) is 27.9 Å². The number of para-hydroxylation sites is 1. The lowest BCUT2D eigenvalue weighted by Gasteiger charge is -2.38. The molecule has 7 nitrogen and oxygen atoms in total. The number of anilines is 1. The van der Waals surface area contributed by atoms with E-state index >= 15 is 0 Å². The summed E-state index contributed by atoms with van der Waals surface area (Å²) in [6.45, 7) is 1.29. The van der Waals surface area contributed by atoms with Crippen molar-refractivity contribution in [1.82, 2.24) is 4.90 Å². The highest BCUT2D eigenvalue weighted by atomic mass is 35.5. The number of Topliss-reactive ketones (excluding diaryl/α,β-unsaturated/α-hetero) is 2. The molecule has 0 saturated carbocycles. The van der Waals surface area contributed by atoms with E-state index in [1.807, 2.05) is 53.4 Å². The highest BCUT2D eigenvalue weighted by Crippen LogP contribution is 2.62. The standard InChI is InChI=1S/C35H24Cl2N2O5/c1-19(40)44-23-13-10-21(11-14-23)31(41)30-29(32(42)25-15-12-22(36)18-27(25)37)35(26-8-4-5-9-28(26)38-34(35)43)33-24-7-3-2-6-20(24)16-17-39(30)33/h2-18,29-30,33H,1H3,(H,38,43)/t29-,30-,33-,35+/m1/s1. The Morgan fingerprint density at radius 2 is 1.61 bits per heavy atom. The van der Waals surface area contributed by atoms with Gasteiger partial charge in [-0.2, -0.15) is 0 Å². The first-order valence-corrected chi connectivity index (χ1v) is 14.7. The zero-order valence-electron chi connectivity index (χ0n) is 23.3. The molecule has 0 radical (unpaired) electrons. The minimum absolute atomic E-state index is 0.127. The van der Waals surface area contributed by atoms with E-state index < -0.39 is 35.2 Å². The van der Waals surface area contributed by atoms with E-state index in [0.717, 1.165) is 11.1 Å². The van der Waals surface area contributed by atoms with Crippen LogP contribution >= 0.6 is 23.2 Å². The highest BCUT2D eigenvalue weighted by Gasteiger charge is 2.70. The first-order chi connectivity index (χ1) is 21.2. The first-order valence-electron chi connectivity index (χ1n) is 14.0. The first kappa shape index (κ1) is 28.1. The summed E-state index contributed by atoms with van der Waals surface area (Å²) in [6.07, 6.45) is 3.69. The summed E-state index contributed by atoms with van der Waals surface area (Å²) >= 11 is 12.8. The molecule has 3 aliphatic heterocycles. The molecule has 3 heterocycles. The zero-order valence-corrected chi connectivity index (χ0v) is 24.8. The number of carbonyl (C=O) groups excluding carboxylic acids is 4. The summed E-state index contributed by atoms with van der Waals surface area (Å²) in [5.41, 5.74) is 1.90. The fourth-order valence-electron chi connectivity index (χ4n) is 7.05. The fraction of sp³-hybridized carbons (Fsp3) is 0.143. The number of ketones is 2. The lowest BCUT2D eigenvalue weighted by atomic mass is 9.62. The van der Waals surface area contributed by atoms with Crippen molar-refractivity contribution in [2.24, 2.45) is 5.92 Å². The number of hydrogen-bond donors (Lipinski definition) is 1. The fourth-order valence-corrected chi connectivity index (χ4v) is 7.55. The van der Waals surface area contributed by atoms with Gasteiger partial charge in [0.25, 0.3) is 0 Å². The van der Waals surface area contributed by atoms with E-state index in [9.17, 15) is 19.2 Å². The molecule has 7 rings (SSSR count). The van der Waals surface area contributed by atoms with E-state index in [1.165, 1.54) is 31.2 Å². The number of nitrogens with one attached hydrogen (secondary N) is 1. The third-order valence-electron chi connectivity index (χ3n) is 8.72. The molecular weight excluding hydrogens is 599 g/mol. The maximum Gasteiger partial charge on any atom is 0.308 e. The van der Waals surface area contributed by atoms with Gasteiger partial charge in [0, 0.05) is 35.0 Å². The van der Waals surface area contributed by atoms with E-state index in [1.54, 1.807) is 30.5 Å². The number of hydrogen-bond acceptors (Lipinski definition) is 6. The van der Waals surface area contributed by atoms with Gasteiger partial charge in [0.1, 0.15) is 17.2 Å². The molecule has 0 aliphatic carbocycles. The van der Waals surface area contributed by atoms with Crippen molar-refractivity contribution in [2.45, 2.75) is 24.4 Å². The van der Waals surface area contributed by atoms with Crippen molar-refractivity contribution in [2.75, 3.05) is 5.32 Å². The van der Waals surface area contributed by atoms with Gasteiger partial charge in [0.05, 0.1) is 17.0 Å². The van der Waals surface area contributed by atoms with E-state index in [2.05, 4.69) is 5.32 Å². The van der Waals surface area contributed by atoms with Crippen molar-refractivity contribution in [1.29, 1.82) is 0 Å². The molecular formula is C35H24Cl2N2O5. The summed E-state index contributed by atoms with van der Waals surface area (Å²) in [6, 6.07) is 23.9. The Balaban J connectivity index is 1.49. The lowest BCUT2D eigenvalue weighted by Crippen LogP contribution is -2.49. The van der Waals surface area contributed by atoms with Crippen LogP contribution in [-0.4, -0.2) is 34.4 Å². The number of carbonyl (C=O) groups is 4. The molecule has 1 saturated heterocycles. The second kappa shape index (κ2) is 10.5. The smallest absolute Gasteiger partial charge is 0.308 e. The van der Waals surface area contributed by atoms with Gasteiger partial charge < -0.3 is 15.0 Å². The van der Waals surface area contributed by atoms with Gasteiger partial charge in [-0.1, -0.05) is 65.7 Å². The molecule has 1 N–H and O–H groups in total. The van der Waals surface area contributed by atoms with Crippen LogP contribution in [-0.2, 0) is 15.0 Å². The van der Waals surface area contributed by atoms with Gasteiger partial charge in [0.15, 0.2) is 11.6 Å². The number of esters is 1. The largest absolute Gasteiger partial charge is 0.427 e. The molecule has 4 atom stereocenters. The maximum absolute atomic E-state index is 14.9. The van der Waals surface area contributed by atoms with Crippen LogP contribution in [0.3, 0.4) is 0 Å². The van der Waals surface area contributed by atoms with Crippen molar-refractivity contribution in [3.05, 3.63) is 135 Å². The average molecular weight is 623 g/mol. The zero-order chi connectivity index (χ0) is 30.7. The molecule has 44 heavy (non-hydrogen) atoms. The topological polar surface area (TPSA) is 92.8 Å². The number of benzene rings is 4. The van der Waals surface area contributed by atoms with E-state index in [0.29, 0.717) is 21.8 Å². The van der Waals surface area contributed by atoms with Gasteiger partial charge in [-0.25, -0.2) is 0 Å².